The van der Waals surface area contributed by atoms with Crippen molar-refractivity contribution in [3.63, 3.8) is 0 Å². The van der Waals surface area contributed by atoms with Crippen LogP contribution in [0.4, 0.5) is 10.1 Å². The van der Waals surface area contributed by atoms with Crippen LogP contribution in [0, 0.1) is 11.7 Å². The van der Waals surface area contributed by atoms with Crippen LogP contribution in [0.25, 0.3) is 0 Å². The lowest BCUT2D eigenvalue weighted by molar-refractivity contribution is 0.0897. The summed E-state index contributed by atoms with van der Waals surface area (Å²) in [6, 6.07) is 10.6. The van der Waals surface area contributed by atoms with Gasteiger partial charge in [0.05, 0.1) is 10.4 Å². The Hall–Kier alpha value is -2.45. The third kappa shape index (κ3) is 4.45. The summed E-state index contributed by atoms with van der Waals surface area (Å²) in [7, 11) is -3.84. The molecule has 0 heterocycles. The Morgan fingerprint density at radius 3 is 2.26 bits per heavy atom. The number of carbonyl (C=O) groups excluding carboxylic acids is 1. The van der Waals surface area contributed by atoms with E-state index in [2.05, 4.69) is 10.0 Å². The van der Waals surface area contributed by atoms with E-state index in [0.29, 0.717) is 18.0 Å². The van der Waals surface area contributed by atoms with Gasteiger partial charge in [0.2, 0.25) is 0 Å². The van der Waals surface area contributed by atoms with Gasteiger partial charge in [-0.2, -0.15) is 0 Å². The van der Waals surface area contributed by atoms with Crippen LogP contribution in [0.2, 0.25) is 0 Å². The fourth-order valence-corrected chi connectivity index (χ4v) is 3.95. The van der Waals surface area contributed by atoms with Crippen LogP contribution in [0.15, 0.2) is 53.4 Å². The number of benzene rings is 2. The van der Waals surface area contributed by atoms with Gasteiger partial charge >= 0.3 is 0 Å². The maximum absolute atomic E-state index is 12.9. The molecule has 1 amide bonds. The SMILES string of the molecule is CC(CN)(NC(=O)c1ccc(S(=O)(=O)Nc2ccc(F)cc2)cc1)C1CC1. The number of amides is 1. The van der Waals surface area contributed by atoms with Gasteiger partial charge in [0.15, 0.2) is 0 Å². The summed E-state index contributed by atoms with van der Waals surface area (Å²) in [6.45, 7) is 2.27. The van der Waals surface area contributed by atoms with Gasteiger partial charge in [-0.05, 0) is 74.2 Å². The van der Waals surface area contributed by atoms with Gasteiger partial charge in [0.25, 0.3) is 15.9 Å². The molecule has 2 aromatic carbocycles. The minimum absolute atomic E-state index is 0.00662. The van der Waals surface area contributed by atoms with Gasteiger partial charge < -0.3 is 11.1 Å². The first-order chi connectivity index (χ1) is 12.7. The molecule has 0 aliphatic heterocycles. The number of hydrogen-bond acceptors (Lipinski definition) is 4. The van der Waals surface area contributed by atoms with E-state index < -0.39 is 21.4 Å². The zero-order chi connectivity index (χ0) is 19.7. The predicted octanol–water partition coefficient (Wildman–Crippen LogP) is 2.48. The highest BCUT2D eigenvalue weighted by molar-refractivity contribution is 7.92. The first-order valence-electron chi connectivity index (χ1n) is 8.64. The lowest BCUT2D eigenvalue weighted by Gasteiger charge is -2.29. The highest BCUT2D eigenvalue weighted by Gasteiger charge is 2.41. The largest absolute Gasteiger partial charge is 0.345 e. The Labute approximate surface area is 158 Å². The average molecular weight is 391 g/mol. The lowest BCUT2D eigenvalue weighted by Crippen LogP contribution is -2.53. The van der Waals surface area contributed by atoms with Gasteiger partial charge in [0, 0.05) is 17.8 Å². The Bertz CT molecular complexity index is 926. The normalized spacial score (nSPS) is 16.4. The summed E-state index contributed by atoms with van der Waals surface area (Å²) in [5, 5.41) is 2.96. The van der Waals surface area contributed by atoms with Crippen LogP contribution in [-0.2, 0) is 10.0 Å². The molecule has 3 rings (SSSR count). The van der Waals surface area contributed by atoms with Gasteiger partial charge in [-0.3, -0.25) is 9.52 Å². The van der Waals surface area contributed by atoms with Crippen molar-refractivity contribution in [2.45, 2.75) is 30.2 Å². The van der Waals surface area contributed by atoms with Crippen molar-refractivity contribution in [2.75, 3.05) is 11.3 Å². The van der Waals surface area contributed by atoms with Crippen molar-refractivity contribution in [2.24, 2.45) is 11.7 Å². The van der Waals surface area contributed by atoms with Crippen molar-refractivity contribution in [3.8, 4) is 0 Å². The highest BCUT2D eigenvalue weighted by Crippen LogP contribution is 2.39. The van der Waals surface area contributed by atoms with Crippen LogP contribution in [0.3, 0.4) is 0 Å². The van der Waals surface area contributed by atoms with E-state index in [1.165, 1.54) is 48.5 Å². The molecule has 1 fully saturated rings. The molecule has 2 aromatic rings. The quantitative estimate of drug-likeness (QED) is 0.675. The molecule has 0 bridgehead atoms. The molecule has 6 nitrogen and oxygen atoms in total. The first kappa shape index (κ1) is 19.3. The summed E-state index contributed by atoms with van der Waals surface area (Å²) in [5.41, 5.74) is 5.97. The third-order valence-electron chi connectivity index (χ3n) is 4.82. The topological polar surface area (TPSA) is 101 Å². The Morgan fingerprint density at radius 2 is 1.74 bits per heavy atom. The molecule has 1 aliphatic rings. The molecule has 27 heavy (non-hydrogen) atoms. The number of halogens is 1. The summed E-state index contributed by atoms with van der Waals surface area (Å²) in [5.74, 6) is -0.361. The van der Waals surface area contributed by atoms with Crippen molar-refractivity contribution >= 4 is 21.6 Å². The molecule has 0 radical (unpaired) electrons. The van der Waals surface area contributed by atoms with E-state index in [9.17, 15) is 17.6 Å². The molecule has 1 atom stereocenters. The first-order valence-corrected chi connectivity index (χ1v) is 10.1. The second-order valence-electron chi connectivity index (χ2n) is 6.99. The second-order valence-corrected chi connectivity index (χ2v) is 8.67. The average Bonchev–Trinajstić information content (AvgIpc) is 3.49. The van der Waals surface area contributed by atoms with Crippen molar-refractivity contribution in [1.82, 2.24) is 5.32 Å². The van der Waals surface area contributed by atoms with Crippen molar-refractivity contribution < 1.29 is 17.6 Å². The molecular formula is C19H22FN3O3S. The van der Waals surface area contributed by atoms with Crippen LogP contribution < -0.4 is 15.8 Å². The number of sulfonamides is 1. The molecule has 8 heteroatoms. The molecule has 0 saturated heterocycles. The van der Waals surface area contributed by atoms with E-state index in [-0.39, 0.29) is 16.5 Å². The molecule has 1 aliphatic carbocycles. The zero-order valence-corrected chi connectivity index (χ0v) is 15.7. The molecule has 1 saturated carbocycles. The molecule has 144 valence electrons. The molecule has 1 unspecified atom stereocenters. The van der Waals surface area contributed by atoms with E-state index in [1.807, 2.05) is 6.92 Å². The highest BCUT2D eigenvalue weighted by atomic mass is 32.2. The fourth-order valence-electron chi connectivity index (χ4n) is 2.89. The summed E-state index contributed by atoms with van der Waals surface area (Å²) in [4.78, 5) is 12.5. The van der Waals surface area contributed by atoms with Crippen LogP contribution in [-0.4, -0.2) is 26.4 Å². The molecule has 0 spiro atoms. The maximum Gasteiger partial charge on any atom is 0.261 e. The Kier molecular flexibility index (Phi) is 5.21. The van der Waals surface area contributed by atoms with Gasteiger partial charge in [-0.1, -0.05) is 0 Å². The van der Waals surface area contributed by atoms with Crippen LogP contribution >= 0.6 is 0 Å². The monoisotopic (exact) mass is 391 g/mol. The Morgan fingerprint density at radius 1 is 1.15 bits per heavy atom. The Balaban J connectivity index is 1.72. The predicted molar refractivity (Wildman–Crippen MR) is 101 cm³/mol. The maximum atomic E-state index is 12.9. The minimum atomic E-state index is -3.84. The van der Waals surface area contributed by atoms with Gasteiger partial charge in [0.1, 0.15) is 5.82 Å². The number of nitrogens with one attached hydrogen (secondary N) is 2. The smallest absolute Gasteiger partial charge is 0.261 e. The lowest BCUT2D eigenvalue weighted by atomic mass is 9.95. The van der Waals surface area contributed by atoms with Crippen LogP contribution in [0.1, 0.15) is 30.1 Å². The second kappa shape index (κ2) is 7.28. The number of carbonyl (C=O) groups is 1. The molecule has 0 aromatic heterocycles. The standard InChI is InChI=1S/C19H22FN3O3S/c1-19(12-21,14-4-5-14)22-18(24)13-2-10-17(11-3-13)27(25,26)23-16-8-6-15(20)7-9-16/h2-3,6-11,14,23H,4-5,12,21H2,1H3,(H,22,24). The number of hydrogen-bond donors (Lipinski definition) is 3. The van der Waals surface area contributed by atoms with Gasteiger partial charge in [-0.15, -0.1) is 0 Å². The molecule has 4 N–H and O–H groups in total. The van der Waals surface area contributed by atoms with Crippen molar-refractivity contribution in [1.29, 1.82) is 0 Å². The van der Waals surface area contributed by atoms with E-state index >= 15 is 0 Å². The van der Waals surface area contributed by atoms with E-state index in [1.54, 1.807) is 0 Å². The van der Waals surface area contributed by atoms with E-state index in [0.717, 1.165) is 12.8 Å². The third-order valence-corrected chi connectivity index (χ3v) is 6.22. The minimum Gasteiger partial charge on any atom is -0.345 e. The summed E-state index contributed by atoms with van der Waals surface area (Å²) >= 11 is 0. The summed E-state index contributed by atoms with van der Waals surface area (Å²) < 4.78 is 40.1. The van der Waals surface area contributed by atoms with E-state index in [4.69, 9.17) is 5.73 Å². The number of anilines is 1. The fraction of sp³-hybridized carbons (Fsp3) is 0.316. The van der Waals surface area contributed by atoms with Gasteiger partial charge in [-0.25, -0.2) is 12.8 Å². The number of nitrogens with two attached hydrogens (primary N) is 1. The molecular weight excluding hydrogens is 369 g/mol. The number of rotatable bonds is 7. The van der Waals surface area contributed by atoms with Crippen molar-refractivity contribution in [3.05, 3.63) is 59.9 Å². The zero-order valence-electron chi connectivity index (χ0n) is 14.9. The van der Waals surface area contributed by atoms with Crippen LogP contribution in [0.5, 0.6) is 0 Å². The summed E-state index contributed by atoms with van der Waals surface area (Å²) in [6.07, 6.45) is 2.08.